The number of carboxylic acids is 1. The number of carbonyl (C=O) groups excluding carboxylic acids is 1. The van der Waals surface area contributed by atoms with Gasteiger partial charge in [0.05, 0.1) is 5.56 Å². The molecule has 1 amide bonds. The van der Waals surface area contributed by atoms with Gasteiger partial charge in [-0.05, 0) is 88.1 Å². The number of nitrogens with one attached hydrogen (secondary N) is 1. The summed E-state index contributed by atoms with van der Waals surface area (Å²) in [6.45, 7) is 8.15. The van der Waals surface area contributed by atoms with Crippen molar-refractivity contribution in [1.82, 2.24) is 10.2 Å². The molecule has 38 heavy (non-hydrogen) atoms. The van der Waals surface area contributed by atoms with Gasteiger partial charge in [-0.3, -0.25) is 0 Å². The molecule has 2 aromatic rings. The maximum atomic E-state index is 13.2. The third-order valence-corrected chi connectivity index (χ3v) is 7.46. The molecule has 2 aromatic carbocycles. The summed E-state index contributed by atoms with van der Waals surface area (Å²) >= 11 is 0. The van der Waals surface area contributed by atoms with Crippen molar-refractivity contribution in [2.24, 2.45) is 5.92 Å². The Labute approximate surface area is 227 Å². The average Bonchev–Trinajstić information content (AvgIpc) is 3.64. The molecule has 6 heteroatoms. The molecule has 204 valence electrons. The van der Waals surface area contributed by atoms with Crippen LogP contribution in [0.1, 0.15) is 87.7 Å². The second-order valence-corrected chi connectivity index (χ2v) is 11.7. The number of amides is 1. The van der Waals surface area contributed by atoms with Gasteiger partial charge in [-0.25, -0.2) is 9.59 Å². The smallest absolute Gasteiger partial charge is 0.410 e. The van der Waals surface area contributed by atoms with Crippen LogP contribution in [0.15, 0.2) is 60.7 Å². The second-order valence-electron chi connectivity index (χ2n) is 11.7. The fraction of sp³-hybridized carbons (Fsp3) is 0.500. The van der Waals surface area contributed by atoms with Gasteiger partial charge in [-0.15, -0.1) is 0 Å². The van der Waals surface area contributed by atoms with Crippen LogP contribution in [0.5, 0.6) is 0 Å². The molecule has 0 heterocycles. The fourth-order valence-electron chi connectivity index (χ4n) is 5.58. The number of aromatic carboxylic acids is 1. The number of benzene rings is 2. The van der Waals surface area contributed by atoms with E-state index >= 15 is 0 Å². The van der Waals surface area contributed by atoms with E-state index in [2.05, 4.69) is 48.6 Å². The molecule has 2 fully saturated rings. The summed E-state index contributed by atoms with van der Waals surface area (Å²) in [5.74, 6) is -0.403. The number of rotatable bonds is 9. The monoisotopic (exact) mass is 518 g/mol. The van der Waals surface area contributed by atoms with Crippen LogP contribution < -0.4 is 5.32 Å². The number of allylic oxidation sites excluding steroid dienone is 1. The lowest BCUT2D eigenvalue weighted by Crippen LogP contribution is -2.47. The van der Waals surface area contributed by atoms with Gasteiger partial charge in [-0.2, -0.15) is 0 Å². The zero-order valence-electron chi connectivity index (χ0n) is 23.2. The molecule has 2 atom stereocenters. The van der Waals surface area contributed by atoms with Crippen molar-refractivity contribution in [2.75, 3.05) is 0 Å². The predicted molar refractivity (Wildman–Crippen MR) is 151 cm³/mol. The van der Waals surface area contributed by atoms with Crippen LogP contribution in [0.4, 0.5) is 4.79 Å². The number of carbonyl (C=O) groups is 2. The minimum absolute atomic E-state index is 0.0613. The zero-order chi connectivity index (χ0) is 27.3. The Hall–Kier alpha value is -3.12. The normalized spacial score (nSPS) is 23.5. The SMILES string of the molecule is CC/C=C(/c1ccccc1)[C@@H]1C[C@H]1NC1CCC(N(Cc2cccc(C(=O)O)c2)C(=O)OC(C)(C)C)CC1. The first-order chi connectivity index (χ1) is 18.1. The lowest BCUT2D eigenvalue weighted by atomic mass is 9.89. The van der Waals surface area contributed by atoms with Crippen LogP contribution in [0.25, 0.3) is 5.57 Å². The largest absolute Gasteiger partial charge is 0.478 e. The van der Waals surface area contributed by atoms with Crippen LogP contribution in [-0.2, 0) is 11.3 Å². The molecule has 0 aliphatic heterocycles. The maximum absolute atomic E-state index is 13.2. The fourth-order valence-corrected chi connectivity index (χ4v) is 5.58. The predicted octanol–water partition coefficient (Wildman–Crippen LogP) is 6.90. The van der Waals surface area contributed by atoms with Crippen LogP contribution in [0.2, 0.25) is 0 Å². The lowest BCUT2D eigenvalue weighted by molar-refractivity contribution is 0.00876. The summed E-state index contributed by atoms with van der Waals surface area (Å²) in [6.07, 6.45) is 8.03. The molecule has 4 rings (SSSR count). The Morgan fingerprint density at radius 2 is 1.71 bits per heavy atom. The second kappa shape index (κ2) is 12.2. The molecule has 2 N–H and O–H groups in total. The van der Waals surface area contributed by atoms with E-state index in [-0.39, 0.29) is 17.7 Å². The van der Waals surface area contributed by atoms with Crippen molar-refractivity contribution in [2.45, 2.75) is 96.5 Å². The number of hydrogen-bond donors (Lipinski definition) is 2. The first kappa shape index (κ1) is 27.9. The minimum atomic E-state index is -0.968. The van der Waals surface area contributed by atoms with Gasteiger partial charge in [0.1, 0.15) is 5.60 Å². The summed E-state index contributed by atoms with van der Waals surface area (Å²) in [5, 5.41) is 13.3. The van der Waals surface area contributed by atoms with E-state index in [0.29, 0.717) is 24.5 Å². The van der Waals surface area contributed by atoms with Crippen LogP contribution in [0, 0.1) is 5.92 Å². The van der Waals surface area contributed by atoms with Crippen molar-refractivity contribution in [1.29, 1.82) is 0 Å². The Bertz CT molecular complexity index is 1130. The number of carboxylic acid groups (broad SMARTS) is 1. The van der Waals surface area contributed by atoms with Gasteiger partial charge in [0.25, 0.3) is 0 Å². The van der Waals surface area contributed by atoms with Gasteiger partial charge < -0.3 is 20.1 Å². The molecule has 0 spiro atoms. The molecule has 0 saturated heterocycles. The van der Waals surface area contributed by atoms with Crippen molar-refractivity contribution in [3.63, 3.8) is 0 Å². The highest BCUT2D eigenvalue weighted by molar-refractivity contribution is 5.87. The molecule has 0 aromatic heterocycles. The van der Waals surface area contributed by atoms with Crippen LogP contribution in [-0.4, -0.2) is 45.8 Å². The van der Waals surface area contributed by atoms with Crippen LogP contribution >= 0.6 is 0 Å². The highest BCUT2D eigenvalue weighted by Gasteiger charge is 2.42. The molecule has 2 saturated carbocycles. The highest BCUT2D eigenvalue weighted by atomic mass is 16.6. The Morgan fingerprint density at radius 1 is 1.03 bits per heavy atom. The Morgan fingerprint density at radius 3 is 2.34 bits per heavy atom. The van der Waals surface area contributed by atoms with Gasteiger partial charge in [-0.1, -0.05) is 55.5 Å². The lowest BCUT2D eigenvalue weighted by Gasteiger charge is -2.38. The van der Waals surface area contributed by atoms with Crippen molar-refractivity contribution < 1.29 is 19.4 Å². The van der Waals surface area contributed by atoms with Gasteiger partial charge in [0, 0.05) is 30.6 Å². The molecular weight excluding hydrogens is 476 g/mol. The van der Waals surface area contributed by atoms with E-state index in [4.69, 9.17) is 4.74 Å². The highest BCUT2D eigenvalue weighted by Crippen LogP contribution is 2.43. The average molecular weight is 519 g/mol. The van der Waals surface area contributed by atoms with E-state index in [9.17, 15) is 14.7 Å². The Kier molecular flexibility index (Phi) is 8.93. The summed E-state index contributed by atoms with van der Waals surface area (Å²) in [6, 6.07) is 18.5. The summed E-state index contributed by atoms with van der Waals surface area (Å²) in [7, 11) is 0. The van der Waals surface area contributed by atoms with Crippen molar-refractivity contribution in [3.8, 4) is 0 Å². The molecule has 0 bridgehead atoms. The van der Waals surface area contributed by atoms with Gasteiger partial charge >= 0.3 is 12.1 Å². The van der Waals surface area contributed by atoms with E-state index in [0.717, 1.165) is 37.7 Å². The summed E-state index contributed by atoms with van der Waals surface area (Å²) in [4.78, 5) is 26.5. The quantitative estimate of drug-likeness (QED) is 0.377. The van der Waals surface area contributed by atoms with E-state index < -0.39 is 11.6 Å². The van der Waals surface area contributed by atoms with E-state index in [1.54, 1.807) is 23.1 Å². The Balaban J connectivity index is 1.37. The van der Waals surface area contributed by atoms with Gasteiger partial charge in [0.2, 0.25) is 0 Å². The number of ether oxygens (including phenoxy) is 1. The minimum Gasteiger partial charge on any atom is -0.478 e. The third kappa shape index (κ3) is 7.47. The number of hydrogen-bond acceptors (Lipinski definition) is 4. The van der Waals surface area contributed by atoms with E-state index in [1.807, 2.05) is 26.8 Å². The molecule has 0 radical (unpaired) electrons. The topological polar surface area (TPSA) is 78.9 Å². The van der Waals surface area contributed by atoms with Crippen molar-refractivity contribution in [3.05, 3.63) is 77.4 Å². The molecular formula is C32H42N2O4. The summed E-state index contributed by atoms with van der Waals surface area (Å²) in [5.41, 5.74) is 3.21. The summed E-state index contributed by atoms with van der Waals surface area (Å²) < 4.78 is 5.76. The standard InChI is InChI=1S/C32H42N2O4/c1-5-10-27(23-12-7-6-8-13-23)28-20-29(28)33-25-15-17-26(18-16-25)34(31(37)38-32(2,3)4)21-22-11-9-14-24(19-22)30(35)36/h6-14,19,25-26,28-29,33H,5,15-18,20-21H2,1-4H3,(H,35,36)/b27-10-/t25?,26?,28-,29+/m0/s1. The van der Waals surface area contributed by atoms with Gasteiger partial charge in [0.15, 0.2) is 0 Å². The molecule has 2 aliphatic rings. The first-order valence-electron chi connectivity index (χ1n) is 14.0. The van der Waals surface area contributed by atoms with E-state index in [1.165, 1.54) is 17.6 Å². The third-order valence-electron chi connectivity index (χ3n) is 7.46. The first-order valence-corrected chi connectivity index (χ1v) is 14.0. The van der Waals surface area contributed by atoms with Crippen LogP contribution in [0.3, 0.4) is 0 Å². The zero-order valence-corrected chi connectivity index (χ0v) is 23.2. The maximum Gasteiger partial charge on any atom is 0.410 e. The molecule has 0 unspecified atom stereocenters. The number of nitrogens with zero attached hydrogens (tertiary/aromatic N) is 1. The molecule has 2 aliphatic carbocycles. The molecule has 6 nitrogen and oxygen atoms in total. The van der Waals surface area contributed by atoms with Crippen molar-refractivity contribution >= 4 is 17.6 Å².